The summed E-state index contributed by atoms with van der Waals surface area (Å²) >= 11 is 0. The number of fused-ring (bicyclic) bond motifs is 2. The van der Waals surface area contributed by atoms with E-state index in [1.165, 1.54) is 0 Å². The molecular weight excluding hydrogens is 330 g/mol. The number of aryl methyl sites for hydroxylation is 1. The second-order valence-electron chi connectivity index (χ2n) is 6.56. The molecular formula is C18H19N7O. The minimum Gasteiger partial charge on any atom is -0.423 e. The molecule has 26 heavy (non-hydrogen) atoms. The monoisotopic (exact) mass is 349 g/mol. The van der Waals surface area contributed by atoms with Crippen LogP contribution >= 0.6 is 0 Å². The zero-order valence-corrected chi connectivity index (χ0v) is 14.5. The lowest BCUT2D eigenvalue weighted by molar-refractivity contribution is 0.571. The minimum absolute atomic E-state index is 0.701. The first kappa shape index (κ1) is 15.1. The topological polar surface area (TPSA) is 75.6 Å². The molecule has 0 N–H and O–H groups in total. The highest BCUT2D eigenvalue weighted by molar-refractivity contribution is 5.74. The Labute approximate surface area is 150 Å². The SMILES string of the molecule is Cc1cc(N2CCCN(c3nc4ccccc4o3)CC2)c2nncn2n1. The van der Waals surface area contributed by atoms with Crippen LogP contribution in [0.3, 0.4) is 0 Å². The van der Waals surface area contributed by atoms with E-state index in [4.69, 9.17) is 4.42 Å². The van der Waals surface area contributed by atoms with Crippen molar-refractivity contribution in [2.24, 2.45) is 0 Å². The minimum atomic E-state index is 0.701. The van der Waals surface area contributed by atoms with Gasteiger partial charge in [-0.1, -0.05) is 12.1 Å². The van der Waals surface area contributed by atoms with E-state index in [9.17, 15) is 0 Å². The number of nitrogens with zero attached hydrogens (tertiary/aromatic N) is 7. The normalized spacial score (nSPS) is 15.7. The van der Waals surface area contributed by atoms with Gasteiger partial charge < -0.3 is 14.2 Å². The molecule has 0 saturated carbocycles. The van der Waals surface area contributed by atoms with Crippen molar-refractivity contribution >= 4 is 28.4 Å². The number of aromatic nitrogens is 5. The van der Waals surface area contributed by atoms with Gasteiger partial charge in [0.05, 0.1) is 11.4 Å². The summed E-state index contributed by atoms with van der Waals surface area (Å²) in [5.41, 5.74) is 4.56. The molecule has 8 heteroatoms. The van der Waals surface area contributed by atoms with Crippen LogP contribution in [0.2, 0.25) is 0 Å². The van der Waals surface area contributed by atoms with Crippen LogP contribution in [0.15, 0.2) is 41.1 Å². The summed E-state index contributed by atoms with van der Waals surface area (Å²) in [7, 11) is 0. The third-order valence-electron chi connectivity index (χ3n) is 4.76. The van der Waals surface area contributed by atoms with Crippen LogP contribution in [0.25, 0.3) is 16.7 Å². The molecule has 0 unspecified atom stereocenters. The van der Waals surface area contributed by atoms with Gasteiger partial charge in [-0.3, -0.25) is 0 Å². The third-order valence-corrected chi connectivity index (χ3v) is 4.76. The number of oxazole rings is 1. The lowest BCUT2D eigenvalue weighted by Crippen LogP contribution is -2.31. The second-order valence-corrected chi connectivity index (χ2v) is 6.56. The largest absolute Gasteiger partial charge is 0.423 e. The second kappa shape index (κ2) is 5.98. The number of hydrogen-bond donors (Lipinski definition) is 0. The lowest BCUT2D eigenvalue weighted by Gasteiger charge is -2.23. The Morgan fingerprint density at radius 1 is 1.04 bits per heavy atom. The van der Waals surface area contributed by atoms with E-state index in [1.54, 1.807) is 10.8 Å². The number of anilines is 2. The summed E-state index contributed by atoms with van der Waals surface area (Å²) < 4.78 is 7.68. The first-order valence-electron chi connectivity index (χ1n) is 8.81. The van der Waals surface area contributed by atoms with Crippen molar-refractivity contribution in [2.45, 2.75) is 13.3 Å². The average molecular weight is 349 g/mol. The maximum atomic E-state index is 5.94. The van der Waals surface area contributed by atoms with Gasteiger partial charge in [0.25, 0.3) is 6.01 Å². The Kier molecular flexibility index (Phi) is 3.48. The molecule has 0 aliphatic carbocycles. The Balaban J connectivity index is 1.42. The van der Waals surface area contributed by atoms with Crippen LogP contribution in [-0.2, 0) is 0 Å². The summed E-state index contributed by atoms with van der Waals surface area (Å²) in [5, 5.41) is 12.7. The molecule has 5 rings (SSSR count). The van der Waals surface area contributed by atoms with Crippen molar-refractivity contribution in [3.8, 4) is 0 Å². The van der Waals surface area contributed by atoms with E-state index in [1.807, 2.05) is 31.2 Å². The van der Waals surface area contributed by atoms with Crippen LogP contribution in [0, 0.1) is 6.92 Å². The highest BCUT2D eigenvalue weighted by atomic mass is 16.4. The highest BCUT2D eigenvalue weighted by Gasteiger charge is 2.21. The summed E-state index contributed by atoms with van der Waals surface area (Å²) in [6.45, 7) is 5.56. The molecule has 1 aliphatic rings. The maximum absolute atomic E-state index is 5.94. The predicted molar refractivity (Wildman–Crippen MR) is 98.6 cm³/mol. The molecule has 8 nitrogen and oxygen atoms in total. The average Bonchev–Trinajstić information content (AvgIpc) is 3.21. The molecule has 4 aromatic rings. The summed E-state index contributed by atoms with van der Waals surface area (Å²) in [5.74, 6) is 0. The van der Waals surface area contributed by atoms with Crippen molar-refractivity contribution in [1.29, 1.82) is 0 Å². The third kappa shape index (κ3) is 2.54. The van der Waals surface area contributed by atoms with Crippen molar-refractivity contribution < 1.29 is 4.42 Å². The zero-order chi connectivity index (χ0) is 17.5. The summed E-state index contributed by atoms with van der Waals surface area (Å²) in [6, 6.07) is 10.7. The molecule has 4 heterocycles. The van der Waals surface area contributed by atoms with Crippen molar-refractivity contribution in [3.05, 3.63) is 42.4 Å². The quantitative estimate of drug-likeness (QED) is 0.549. The van der Waals surface area contributed by atoms with Crippen molar-refractivity contribution in [1.82, 2.24) is 24.8 Å². The molecule has 1 aliphatic heterocycles. The van der Waals surface area contributed by atoms with Crippen LogP contribution in [0.4, 0.5) is 11.7 Å². The first-order chi connectivity index (χ1) is 12.8. The Bertz CT molecular complexity index is 1040. The standard InChI is InChI=1S/C18H19N7O/c1-13-11-15(17-21-19-12-25(17)22-13)23-7-4-8-24(10-9-23)18-20-14-5-2-3-6-16(14)26-18/h2-3,5-6,11-12H,4,7-10H2,1H3. The summed E-state index contributed by atoms with van der Waals surface area (Å²) in [6.07, 6.45) is 2.66. The van der Waals surface area contributed by atoms with Gasteiger partial charge in [-0.25, -0.2) is 0 Å². The van der Waals surface area contributed by atoms with Gasteiger partial charge in [0.2, 0.25) is 5.65 Å². The Morgan fingerprint density at radius 3 is 2.81 bits per heavy atom. The fourth-order valence-corrected chi connectivity index (χ4v) is 3.51. The van der Waals surface area contributed by atoms with Gasteiger partial charge in [-0.15, -0.1) is 10.2 Å². The van der Waals surface area contributed by atoms with Crippen LogP contribution in [0.5, 0.6) is 0 Å². The van der Waals surface area contributed by atoms with Gasteiger partial charge in [0.1, 0.15) is 11.8 Å². The molecule has 1 saturated heterocycles. The number of hydrogen-bond acceptors (Lipinski definition) is 7. The van der Waals surface area contributed by atoms with Gasteiger partial charge in [-0.2, -0.15) is 14.6 Å². The molecule has 0 bridgehead atoms. The molecule has 0 spiro atoms. The Morgan fingerprint density at radius 2 is 1.88 bits per heavy atom. The Hall–Kier alpha value is -3.16. The van der Waals surface area contributed by atoms with E-state index in [0.29, 0.717) is 6.01 Å². The zero-order valence-electron chi connectivity index (χ0n) is 14.5. The van der Waals surface area contributed by atoms with E-state index in [0.717, 1.165) is 60.7 Å². The van der Waals surface area contributed by atoms with Crippen molar-refractivity contribution in [3.63, 3.8) is 0 Å². The van der Waals surface area contributed by atoms with Crippen LogP contribution in [-0.4, -0.2) is 51.0 Å². The van der Waals surface area contributed by atoms with Gasteiger partial charge >= 0.3 is 0 Å². The molecule has 1 aromatic carbocycles. The molecule has 132 valence electrons. The highest BCUT2D eigenvalue weighted by Crippen LogP contribution is 2.25. The fraction of sp³-hybridized carbons (Fsp3) is 0.333. The van der Waals surface area contributed by atoms with E-state index in [-0.39, 0.29) is 0 Å². The van der Waals surface area contributed by atoms with E-state index in [2.05, 4.69) is 36.1 Å². The van der Waals surface area contributed by atoms with Crippen LogP contribution < -0.4 is 9.80 Å². The van der Waals surface area contributed by atoms with Crippen molar-refractivity contribution in [2.75, 3.05) is 36.0 Å². The molecule has 0 radical (unpaired) electrons. The number of rotatable bonds is 2. The predicted octanol–water partition coefficient (Wildman–Crippen LogP) is 2.29. The van der Waals surface area contributed by atoms with E-state index >= 15 is 0 Å². The molecule has 1 fully saturated rings. The number of para-hydroxylation sites is 2. The number of benzene rings is 1. The summed E-state index contributed by atoms with van der Waals surface area (Å²) in [4.78, 5) is 9.20. The smallest absolute Gasteiger partial charge is 0.298 e. The molecule has 0 atom stereocenters. The molecule has 3 aromatic heterocycles. The van der Waals surface area contributed by atoms with E-state index < -0.39 is 0 Å². The first-order valence-corrected chi connectivity index (χ1v) is 8.81. The van der Waals surface area contributed by atoms with Gasteiger partial charge in [0.15, 0.2) is 5.58 Å². The maximum Gasteiger partial charge on any atom is 0.298 e. The molecule has 0 amide bonds. The van der Waals surface area contributed by atoms with Gasteiger partial charge in [-0.05, 0) is 31.5 Å². The fourth-order valence-electron chi connectivity index (χ4n) is 3.51. The van der Waals surface area contributed by atoms with Gasteiger partial charge in [0, 0.05) is 26.2 Å². The lowest BCUT2D eigenvalue weighted by atomic mass is 10.3. The van der Waals surface area contributed by atoms with Crippen LogP contribution in [0.1, 0.15) is 12.1 Å².